The van der Waals surface area contributed by atoms with Gasteiger partial charge in [0.25, 0.3) is 11.5 Å². The van der Waals surface area contributed by atoms with Crippen molar-refractivity contribution < 1.29 is 14.3 Å². The van der Waals surface area contributed by atoms with Crippen molar-refractivity contribution in [2.45, 2.75) is 20.4 Å². The summed E-state index contributed by atoms with van der Waals surface area (Å²) in [5.74, 6) is 1.15. The predicted molar refractivity (Wildman–Crippen MR) is 89.6 cm³/mol. The van der Waals surface area contributed by atoms with E-state index < -0.39 is 0 Å². The summed E-state index contributed by atoms with van der Waals surface area (Å²) in [6.45, 7) is 5.41. The summed E-state index contributed by atoms with van der Waals surface area (Å²) < 4.78 is 12.1. The van der Waals surface area contributed by atoms with E-state index in [-0.39, 0.29) is 17.2 Å². The number of hydrogen-bond donors (Lipinski definition) is 1. The smallest absolute Gasteiger partial charge is 0.271 e. The molecule has 0 aliphatic rings. The van der Waals surface area contributed by atoms with Crippen molar-refractivity contribution in [3.63, 3.8) is 0 Å². The van der Waals surface area contributed by atoms with E-state index in [0.29, 0.717) is 32.1 Å². The minimum absolute atomic E-state index is 0.206. The molecular weight excluding hydrogens is 310 g/mol. The summed E-state index contributed by atoms with van der Waals surface area (Å²) in [7, 11) is 0. The van der Waals surface area contributed by atoms with Crippen LogP contribution in [0.2, 0.25) is 0 Å². The van der Waals surface area contributed by atoms with Crippen molar-refractivity contribution in [3.8, 4) is 11.5 Å². The van der Waals surface area contributed by atoms with Gasteiger partial charge in [0.1, 0.15) is 23.8 Å². The van der Waals surface area contributed by atoms with Gasteiger partial charge in [-0.25, -0.2) is 4.68 Å². The predicted octanol–water partition coefficient (Wildman–Crippen LogP) is 1.47. The van der Waals surface area contributed by atoms with Crippen LogP contribution in [0, 0.1) is 0 Å². The molecule has 0 atom stereocenters. The van der Waals surface area contributed by atoms with Crippen LogP contribution in [-0.2, 0) is 6.54 Å². The third kappa shape index (κ3) is 4.84. The summed E-state index contributed by atoms with van der Waals surface area (Å²) in [4.78, 5) is 23.4. The number of nitrogens with one attached hydrogen (secondary N) is 1. The molecule has 0 saturated heterocycles. The second kappa shape index (κ2) is 8.71. The van der Waals surface area contributed by atoms with E-state index >= 15 is 0 Å². The summed E-state index contributed by atoms with van der Waals surface area (Å²) in [5.41, 5.74) is -0.0228. The van der Waals surface area contributed by atoms with Gasteiger partial charge in [-0.05, 0) is 44.2 Å². The normalized spacial score (nSPS) is 10.2. The fourth-order valence-corrected chi connectivity index (χ4v) is 2.02. The number of aromatic nitrogens is 2. The van der Waals surface area contributed by atoms with Gasteiger partial charge in [-0.1, -0.05) is 0 Å². The van der Waals surface area contributed by atoms with E-state index in [0.717, 1.165) is 5.75 Å². The highest BCUT2D eigenvalue weighted by Crippen LogP contribution is 2.17. The van der Waals surface area contributed by atoms with Gasteiger partial charge in [0.2, 0.25) is 0 Å². The third-order valence-electron chi connectivity index (χ3n) is 3.19. The zero-order chi connectivity index (χ0) is 17.4. The highest BCUT2D eigenvalue weighted by atomic mass is 16.5. The van der Waals surface area contributed by atoms with Gasteiger partial charge < -0.3 is 14.8 Å². The molecule has 0 fully saturated rings. The quantitative estimate of drug-likeness (QED) is 0.741. The van der Waals surface area contributed by atoms with Gasteiger partial charge >= 0.3 is 0 Å². The molecule has 0 aliphatic heterocycles. The topological polar surface area (TPSA) is 82.5 Å². The van der Waals surface area contributed by atoms with Crippen LogP contribution in [-0.4, -0.2) is 35.4 Å². The van der Waals surface area contributed by atoms with Crippen LogP contribution in [0.5, 0.6) is 11.5 Å². The maximum absolute atomic E-state index is 12.0. The fraction of sp³-hybridized carbons (Fsp3) is 0.353. The zero-order valence-electron chi connectivity index (χ0n) is 13.8. The van der Waals surface area contributed by atoms with Crippen LogP contribution in [0.1, 0.15) is 24.3 Å². The van der Waals surface area contributed by atoms with Gasteiger partial charge in [-0.15, -0.1) is 0 Å². The van der Waals surface area contributed by atoms with Gasteiger partial charge in [-0.2, -0.15) is 5.10 Å². The Morgan fingerprint density at radius 2 is 1.75 bits per heavy atom. The summed E-state index contributed by atoms with van der Waals surface area (Å²) in [6, 6.07) is 10.0. The molecule has 7 heteroatoms. The van der Waals surface area contributed by atoms with Crippen LogP contribution >= 0.6 is 0 Å². The second-order valence-corrected chi connectivity index (χ2v) is 4.88. The Kier molecular flexibility index (Phi) is 6.36. The Labute approximate surface area is 140 Å². The summed E-state index contributed by atoms with van der Waals surface area (Å²) in [6.07, 6.45) is 0. The lowest BCUT2D eigenvalue weighted by atomic mass is 10.3. The molecule has 1 amide bonds. The van der Waals surface area contributed by atoms with Crippen molar-refractivity contribution in [2.24, 2.45) is 0 Å². The molecule has 0 bridgehead atoms. The zero-order valence-corrected chi connectivity index (χ0v) is 13.8. The first-order valence-corrected chi connectivity index (χ1v) is 7.86. The molecule has 0 radical (unpaired) electrons. The van der Waals surface area contributed by atoms with Gasteiger partial charge in [0.05, 0.1) is 13.2 Å². The first-order chi connectivity index (χ1) is 11.6. The number of hydrogen-bond acceptors (Lipinski definition) is 5. The van der Waals surface area contributed by atoms with E-state index in [9.17, 15) is 9.59 Å². The highest BCUT2D eigenvalue weighted by molar-refractivity contribution is 5.91. The van der Waals surface area contributed by atoms with Crippen LogP contribution in [0.15, 0.2) is 41.2 Å². The molecular formula is C17H21N3O4. The van der Waals surface area contributed by atoms with Gasteiger partial charge in [0.15, 0.2) is 0 Å². The number of carbonyl (C=O) groups excluding carboxylic acids is 1. The molecule has 7 nitrogen and oxygen atoms in total. The Morgan fingerprint density at radius 1 is 1.08 bits per heavy atom. The lowest BCUT2D eigenvalue weighted by molar-refractivity contribution is 0.0939. The largest absolute Gasteiger partial charge is 0.494 e. The van der Waals surface area contributed by atoms with Crippen molar-refractivity contribution >= 4 is 5.91 Å². The number of ether oxygens (including phenoxy) is 2. The van der Waals surface area contributed by atoms with E-state index in [1.54, 1.807) is 6.92 Å². The molecule has 0 unspecified atom stereocenters. The van der Waals surface area contributed by atoms with E-state index in [4.69, 9.17) is 9.47 Å². The molecule has 0 saturated carbocycles. The molecule has 2 rings (SSSR count). The van der Waals surface area contributed by atoms with Gasteiger partial charge in [-0.3, -0.25) is 9.59 Å². The van der Waals surface area contributed by atoms with Crippen molar-refractivity contribution in [2.75, 3.05) is 19.8 Å². The molecule has 24 heavy (non-hydrogen) atoms. The van der Waals surface area contributed by atoms with Crippen molar-refractivity contribution in [3.05, 3.63) is 52.4 Å². The number of carbonyl (C=O) groups is 1. The van der Waals surface area contributed by atoms with Crippen LogP contribution in [0.4, 0.5) is 0 Å². The number of benzene rings is 1. The monoisotopic (exact) mass is 331 g/mol. The maximum Gasteiger partial charge on any atom is 0.271 e. The standard InChI is InChI=1S/C17H21N3O4/c1-3-20-16(21)10-9-15(19-20)17(22)18-11-12-24-14-7-5-13(6-8-14)23-4-2/h5-10H,3-4,11-12H2,1-2H3,(H,18,22). The molecule has 1 heterocycles. The van der Waals surface area contributed by atoms with Gasteiger partial charge in [0, 0.05) is 12.6 Å². The molecule has 1 aromatic carbocycles. The Bertz CT molecular complexity index is 725. The maximum atomic E-state index is 12.0. The molecule has 0 aliphatic carbocycles. The molecule has 0 spiro atoms. The van der Waals surface area contributed by atoms with E-state index in [2.05, 4.69) is 10.4 Å². The summed E-state index contributed by atoms with van der Waals surface area (Å²) in [5, 5.41) is 6.70. The summed E-state index contributed by atoms with van der Waals surface area (Å²) >= 11 is 0. The first-order valence-electron chi connectivity index (χ1n) is 7.86. The third-order valence-corrected chi connectivity index (χ3v) is 3.19. The average molecular weight is 331 g/mol. The molecule has 2 aromatic rings. The van der Waals surface area contributed by atoms with Crippen LogP contribution in [0.25, 0.3) is 0 Å². The van der Waals surface area contributed by atoms with E-state index in [1.165, 1.54) is 16.8 Å². The minimum Gasteiger partial charge on any atom is -0.494 e. The number of rotatable bonds is 8. The van der Waals surface area contributed by atoms with E-state index in [1.807, 2.05) is 31.2 Å². The number of aryl methyl sites for hydroxylation is 1. The fourth-order valence-electron chi connectivity index (χ4n) is 2.02. The second-order valence-electron chi connectivity index (χ2n) is 4.88. The van der Waals surface area contributed by atoms with Crippen LogP contribution in [0.3, 0.4) is 0 Å². The van der Waals surface area contributed by atoms with Crippen molar-refractivity contribution in [1.29, 1.82) is 0 Å². The first kappa shape index (κ1) is 17.5. The Balaban J connectivity index is 1.79. The number of nitrogens with zero attached hydrogens (tertiary/aromatic N) is 2. The SMILES string of the molecule is CCOc1ccc(OCCNC(=O)c2ccc(=O)n(CC)n2)cc1. The molecule has 128 valence electrons. The average Bonchev–Trinajstić information content (AvgIpc) is 2.60. The molecule has 1 aromatic heterocycles. The molecule has 1 N–H and O–H groups in total. The number of amides is 1. The Hall–Kier alpha value is -2.83. The highest BCUT2D eigenvalue weighted by Gasteiger charge is 2.08. The van der Waals surface area contributed by atoms with Crippen LogP contribution < -0.4 is 20.3 Å². The Morgan fingerprint density at radius 3 is 2.38 bits per heavy atom. The van der Waals surface area contributed by atoms with Crippen molar-refractivity contribution in [1.82, 2.24) is 15.1 Å². The lowest BCUT2D eigenvalue weighted by Crippen LogP contribution is -2.31. The minimum atomic E-state index is -0.340. The lowest BCUT2D eigenvalue weighted by Gasteiger charge is -2.09.